The summed E-state index contributed by atoms with van der Waals surface area (Å²) in [5.41, 5.74) is 1.96. The fourth-order valence-electron chi connectivity index (χ4n) is 2.84. The van der Waals surface area contributed by atoms with Crippen molar-refractivity contribution in [2.24, 2.45) is 0 Å². The summed E-state index contributed by atoms with van der Waals surface area (Å²) in [5, 5.41) is 3.58. The standard InChI is InChI=1S/C16H25FN2/c1-4-14-11-19(15(5-2)9-18-14)10-13-8-12(3)6-7-16(13)17/h6-8,14-15,18H,4-5,9-11H2,1-3H3. The second-order valence-corrected chi connectivity index (χ2v) is 5.60. The highest BCUT2D eigenvalue weighted by Crippen LogP contribution is 2.18. The van der Waals surface area contributed by atoms with Crippen LogP contribution in [0.5, 0.6) is 0 Å². The normalized spacial score (nSPS) is 24.6. The van der Waals surface area contributed by atoms with Gasteiger partial charge in [-0.05, 0) is 25.8 Å². The Balaban J connectivity index is 2.11. The van der Waals surface area contributed by atoms with Crippen molar-refractivity contribution in [3.05, 3.63) is 35.1 Å². The van der Waals surface area contributed by atoms with Gasteiger partial charge in [-0.15, -0.1) is 0 Å². The van der Waals surface area contributed by atoms with Crippen LogP contribution in [0.1, 0.15) is 37.8 Å². The summed E-state index contributed by atoms with van der Waals surface area (Å²) in [6, 6.07) is 6.46. The number of benzene rings is 1. The van der Waals surface area contributed by atoms with Crippen molar-refractivity contribution < 1.29 is 4.39 Å². The number of hydrogen-bond donors (Lipinski definition) is 1. The zero-order valence-corrected chi connectivity index (χ0v) is 12.2. The molecule has 19 heavy (non-hydrogen) atoms. The molecule has 1 heterocycles. The minimum Gasteiger partial charge on any atom is -0.311 e. The molecule has 3 heteroatoms. The third-order valence-electron chi connectivity index (χ3n) is 4.15. The zero-order valence-electron chi connectivity index (χ0n) is 12.2. The average Bonchev–Trinajstić information content (AvgIpc) is 2.42. The van der Waals surface area contributed by atoms with E-state index >= 15 is 0 Å². The molecule has 0 radical (unpaired) electrons. The molecule has 0 spiro atoms. The van der Waals surface area contributed by atoms with Crippen LogP contribution < -0.4 is 5.32 Å². The van der Waals surface area contributed by atoms with E-state index in [0.29, 0.717) is 12.1 Å². The molecule has 0 aromatic heterocycles. The van der Waals surface area contributed by atoms with E-state index in [0.717, 1.165) is 43.6 Å². The van der Waals surface area contributed by atoms with Crippen molar-refractivity contribution in [3.63, 3.8) is 0 Å². The predicted molar refractivity (Wildman–Crippen MR) is 77.7 cm³/mol. The Morgan fingerprint density at radius 2 is 2.11 bits per heavy atom. The van der Waals surface area contributed by atoms with Crippen LogP contribution in [0, 0.1) is 12.7 Å². The predicted octanol–water partition coefficient (Wildman–Crippen LogP) is 3.10. The molecule has 2 atom stereocenters. The molecule has 106 valence electrons. The molecule has 2 nitrogen and oxygen atoms in total. The van der Waals surface area contributed by atoms with Crippen molar-refractivity contribution >= 4 is 0 Å². The van der Waals surface area contributed by atoms with Gasteiger partial charge in [-0.2, -0.15) is 0 Å². The van der Waals surface area contributed by atoms with Gasteiger partial charge in [0, 0.05) is 37.3 Å². The van der Waals surface area contributed by atoms with Crippen molar-refractivity contribution in [1.29, 1.82) is 0 Å². The molecular weight excluding hydrogens is 239 g/mol. The monoisotopic (exact) mass is 264 g/mol. The number of halogens is 1. The molecule has 1 aliphatic rings. The van der Waals surface area contributed by atoms with Crippen LogP contribution >= 0.6 is 0 Å². The largest absolute Gasteiger partial charge is 0.311 e. The lowest BCUT2D eigenvalue weighted by Gasteiger charge is -2.40. The molecule has 0 aliphatic carbocycles. The molecule has 0 bridgehead atoms. The van der Waals surface area contributed by atoms with Crippen LogP contribution in [0.25, 0.3) is 0 Å². The molecular formula is C16H25FN2. The van der Waals surface area contributed by atoms with Crippen LogP contribution in [-0.2, 0) is 6.54 Å². The second-order valence-electron chi connectivity index (χ2n) is 5.60. The number of nitrogens with one attached hydrogen (secondary N) is 1. The molecule has 2 rings (SSSR count). The van der Waals surface area contributed by atoms with E-state index in [2.05, 4.69) is 24.1 Å². The second kappa shape index (κ2) is 6.49. The topological polar surface area (TPSA) is 15.3 Å². The maximum absolute atomic E-state index is 13.9. The van der Waals surface area contributed by atoms with Gasteiger partial charge in [0.25, 0.3) is 0 Å². The summed E-state index contributed by atoms with van der Waals surface area (Å²) in [5.74, 6) is -0.0768. The number of piperazine rings is 1. The molecule has 1 aliphatic heterocycles. The lowest BCUT2D eigenvalue weighted by atomic mass is 10.0. The fourth-order valence-corrected chi connectivity index (χ4v) is 2.84. The van der Waals surface area contributed by atoms with Crippen LogP contribution in [-0.4, -0.2) is 30.1 Å². The smallest absolute Gasteiger partial charge is 0.127 e. The Hall–Kier alpha value is -0.930. The van der Waals surface area contributed by atoms with Gasteiger partial charge in [0.1, 0.15) is 5.82 Å². The summed E-state index contributed by atoms with van der Waals surface area (Å²) in [4.78, 5) is 2.43. The average molecular weight is 264 g/mol. The first-order valence-corrected chi connectivity index (χ1v) is 7.36. The highest BCUT2D eigenvalue weighted by atomic mass is 19.1. The van der Waals surface area contributed by atoms with Gasteiger partial charge in [0.15, 0.2) is 0 Å². The molecule has 1 aromatic rings. The van der Waals surface area contributed by atoms with Crippen LogP contribution in [0.3, 0.4) is 0 Å². The van der Waals surface area contributed by atoms with Crippen LogP contribution in [0.2, 0.25) is 0 Å². The van der Waals surface area contributed by atoms with Crippen LogP contribution in [0.4, 0.5) is 4.39 Å². The van der Waals surface area contributed by atoms with E-state index in [4.69, 9.17) is 0 Å². The first-order chi connectivity index (χ1) is 9.13. The quantitative estimate of drug-likeness (QED) is 0.899. The maximum Gasteiger partial charge on any atom is 0.127 e. The van der Waals surface area contributed by atoms with Gasteiger partial charge in [-0.25, -0.2) is 4.39 Å². The number of aryl methyl sites for hydroxylation is 1. The van der Waals surface area contributed by atoms with Crippen molar-refractivity contribution in [2.75, 3.05) is 13.1 Å². The molecule has 0 amide bonds. The number of rotatable bonds is 4. The molecule has 1 saturated heterocycles. The molecule has 1 fully saturated rings. The minimum absolute atomic E-state index is 0.0768. The van der Waals surface area contributed by atoms with E-state index in [-0.39, 0.29) is 5.82 Å². The molecule has 1 aromatic carbocycles. The van der Waals surface area contributed by atoms with Crippen molar-refractivity contribution in [2.45, 2.75) is 52.2 Å². The lowest BCUT2D eigenvalue weighted by molar-refractivity contribution is 0.116. The number of nitrogens with zero attached hydrogens (tertiary/aromatic N) is 1. The fraction of sp³-hybridized carbons (Fsp3) is 0.625. The van der Waals surface area contributed by atoms with Gasteiger partial charge >= 0.3 is 0 Å². The van der Waals surface area contributed by atoms with Crippen molar-refractivity contribution in [3.8, 4) is 0 Å². The summed E-state index contributed by atoms with van der Waals surface area (Å²) in [7, 11) is 0. The van der Waals surface area contributed by atoms with E-state index in [9.17, 15) is 4.39 Å². The first-order valence-electron chi connectivity index (χ1n) is 7.36. The maximum atomic E-state index is 13.9. The SMILES string of the molecule is CCC1CN(Cc2cc(C)ccc2F)C(CC)CN1. The minimum atomic E-state index is -0.0768. The van der Waals surface area contributed by atoms with Gasteiger partial charge in [-0.1, -0.05) is 31.5 Å². The molecule has 2 unspecified atom stereocenters. The van der Waals surface area contributed by atoms with Crippen molar-refractivity contribution in [1.82, 2.24) is 10.2 Å². The Morgan fingerprint density at radius 3 is 2.79 bits per heavy atom. The Labute approximate surface area is 116 Å². The molecule has 1 N–H and O–H groups in total. The van der Waals surface area contributed by atoms with E-state index in [1.807, 2.05) is 19.1 Å². The summed E-state index contributed by atoms with van der Waals surface area (Å²) >= 11 is 0. The Kier molecular flexibility index (Phi) is 4.94. The van der Waals surface area contributed by atoms with E-state index < -0.39 is 0 Å². The first kappa shape index (κ1) is 14.5. The van der Waals surface area contributed by atoms with Gasteiger partial charge in [-0.3, -0.25) is 4.90 Å². The van der Waals surface area contributed by atoms with Gasteiger partial charge < -0.3 is 5.32 Å². The highest BCUT2D eigenvalue weighted by molar-refractivity contribution is 5.24. The van der Waals surface area contributed by atoms with E-state index in [1.165, 1.54) is 0 Å². The third kappa shape index (κ3) is 3.54. The highest BCUT2D eigenvalue weighted by Gasteiger charge is 2.26. The van der Waals surface area contributed by atoms with Gasteiger partial charge in [0.2, 0.25) is 0 Å². The summed E-state index contributed by atoms with van der Waals surface area (Å²) in [6.45, 7) is 9.19. The number of hydrogen-bond acceptors (Lipinski definition) is 2. The lowest BCUT2D eigenvalue weighted by Crippen LogP contribution is -2.55. The molecule has 0 saturated carbocycles. The Morgan fingerprint density at radius 1 is 1.32 bits per heavy atom. The third-order valence-corrected chi connectivity index (χ3v) is 4.15. The summed E-state index contributed by atoms with van der Waals surface area (Å²) in [6.07, 6.45) is 2.24. The van der Waals surface area contributed by atoms with Gasteiger partial charge in [0.05, 0.1) is 0 Å². The van der Waals surface area contributed by atoms with E-state index in [1.54, 1.807) is 6.07 Å². The summed E-state index contributed by atoms with van der Waals surface area (Å²) < 4.78 is 13.9. The van der Waals surface area contributed by atoms with Crippen LogP contribution in [0.15, 0.2) is 18.2 Å². The Bertz CT molecular complexity index is 419. The zero-order chi connectivity index (χ0) is 13.8.